The minimum absolute atomic E-state index is 0.206. The van der Waals surface area contributed by atoms with Crippen LogP contribution >= 0.6 is 11.8 Å². The van der Waals surface area contributed by atoms with Crippen LogP contribution in [0.2, 0.25) is 0 Å². The van der Waals surface area contributed by atoms with Crippen molar-refractivity contribution in [2.45, 2.75) is 12.8 Å². The van der Waals surface area contributed by atoms with Crippen LogP contribution in [0.25, 0.3) is 0 Å². The quantitative estimate of drug-likeness (QED) is 0.571. The maximum Gasteiger partial charge on any atom is 0.250 e. The van der Waals surface area contributed by atoms with Gasteiger partial charge in [0.05, 0.1) is 6.54 Å². The van der Waals surface area contributed by atoms with Crippen molar-refractivity contribution >= 4 is 11.8 Å². The Bertz CT molecular complexity index is 95.5. The second kappa shape index (κ2) is 9.22. The molecule has 5 heteroatoms. The van der Waals surface area contributed by atoms with E-state index in [9.17, 15) is 8.78 Å². The summed E-state index contributed by atoms with van der Waals surface area (Å²) in [6.07, 6.45) is -1.48. The fraction of sp³-hybridized carbons (Fsp3) is 1.00. The lowest BCUT2D eigenvalue weighted by Gasteiger charge is -2.02. The Morgan fingerprint density at radius 1 is 1.33 bits per heavy atom. The van der Waals surface area contributed by atoms with Gasteiger partial charge in [-0.25, -0.2) is 8.78 Å². The molecule has 12 heavy (non-hydrogen) atoms. The molecule has 0 heterocycles. The number of alkyl halides is 2. The molecule has 0 aromatic heterocycles. The highest BCUT2D eigenvalue weighted by atomic mass is 32.2. The van der Waals surface area contributed by atoms with Gasteiger partial charge in [-0.2, -0.15) is 11.8 Å². The molecule has 0 aliphatic rings. The zero-order chi connectivity index (χ0) is 9.23. The van der Waals surface area contributed by atoms with Crippen LogP contribution in [-0.2, 0) is 0 Å². The summed E-state index contributed by atoms with van der Waals surface area (Å²) in [5.74, 6) is 1.72. The fourth-order valence-electron chi connectivity index (χ4n) is 0.624. The molecule has 0 fully saturated rings. The largest absolute Gasteiger partial charge is 0.396 e. The van der Waals surface area contributed by atoms with E-state index in [1.807, 2.05) is 0 Å². The molecule has 2 nitrogen and oxygen atoms in total. The minimum atomic E-state index is -2.26. The molecule has 0 bridgehead atoms. The number of hydrogen-bond donors (Lipinski definition) is 2. The summed E-state index contributed by atoms with van der Waals surface area (Å²) in [7, 11) is 0. The zero-order valence-corrected chi connectivity index (χ0v) is 7.75. The molecule has 2 N–H and O–H groups in total. The first-order valence-electron chi connectivity index (χ1n) is 3.95. The highest BCUT2D eigenvalue weighted by Gasteiger charge is 1.99. The number of aliphatic hydroxyl groups is 1. The van der Waals surface area contributed by atoms with Crippen LogP contribution in [0.15, 0.2) is 0 Å². The molecule has 0 saturated heterocycles. The van der Waals surface area contributed by atoms with Crippen LogP contribution < -0.4 is 5.32 Å². The monoisotopic (exact) mass is 199 g/mol. The third-order valence-electron chi connectivity index (χ3n) is 1.17. The minimum Gasteiger partial charge on any atom is -0.396 e. The van der Waals surface area contributed by atoms with Crippen LogP contribution in [0.5, 0.6) is 0 Å². The topological polar surface area (TPSA) is 32.3 Å². The van der Waals surface area contributed by atoms with Crippen LogP contribution in [0.4, 0.5) is 8.78 Å². The molecule has 0 rings (SSSR count). The second-order valence-electron chi connectivity index (χ2n) is 2.28. The summed E-state index contributed by atoms with van der Waals surface area (Å²) >= 11 is 1.66. The van der Waals surface area contributed by atoms with Gasteiger partial charge in [0, 0.05) is 18.9 Å². The second-order valence-corrected chi connectivity index (χ2v) is 3.51. The average molecular weight is 199 g/mol. The van der Waals surface area contributed by atoms with E-state index < -0.39 is 6.43 Å². The van der Waals surface area contributed by atoms with Gasteiger partial charge in [-0.15, -0.1) is 0 Å². The Kier molecular flexibility index (Phi) is 9.32. The van der Waals surface area contributed by atoms with Crippen LogP contribution in [-0.4, -0.2) is 42.7 Å². The van der Waals surface area contributed by atoms with Gasteiger partial charge < -0.3 is 10.4 Å². The highest BCUT2D eigenvalue weighted by molar-refractivity contribution is 7.99. The van der Waals surface area contributed by atoms with E-state index in [1.54, 1.807) is 11.8 Å². The molecule has 0 unspecified atom stereocenters. The molecular formula is C7H15F2NOS. The van der Waals surface area contributed by atoms with Crippen molar-refractivity contribution in [2.75, 3.05) is 31.2 Å². The maximum atomic E-state index is 11.6. The van der Waals surface area contributed by atoms with Gasteiger partial charge in [0.25, 0.3) is 6.43 Å². The first-order chi connectivity index (χ1) is 5.77. The predicted molar refractivity (Wildman–Crippen MR) is 47.9 cm³/mol. The van der Waals surface area contributed by atoms with Crippen molar-refractivity contribution < 1.29 is 13.9 Å². The van der Waals surface area contributed by atoms with Crippen molar-refractivity contribution in [3.8, 4) is 0 Å². The fourth-order valence-corrected chi connectivity index (χ4v) is 1.45. The third-order valence-corrected chi connectivity index (χ3v) is 2.24. The van der Waals surface area contributed by atoms with Gasteiger partial charge in [-0.1, -0.05) is 0 Å². The highest BCUT2D eigenvalue weighted by Crippen LogP contribution is 2.00. The standard InChI is InChI=1S/C7H15F2NOS/c8-7(9)6-10-2-5-12-4-1-3-11/h7,10-11H,1-6H2. The van der Waals surface area contributed by atoms with Crippen LogP contribution in [0.1, 0.15) is 6.42 Å². The van der Waals surface area contributed by atoms with E-state index in [-0.39, 0.29) is 13.2 Å². The SMILES string of the molecule is OCCCSCCNCC(F)F. The molecule has 0 aliphatic heterocycles. The van der Waals surface area contributed by atoms with E-state index in [1.165, 1.54) is 0 Å². The molecule has 0 saturated carbocycles. The molecular weight excluding hydrogens is 184 g/mol. The number of thioether (sulfide) groups is 1. The lowest BCUT2D eigenvalue weighted by molar-refractivity contribution is 0.147. The summed E-state index contributed by atoms with van der Waals surface area (Å²) in [6, 6.07) is 0. The zero-order valence-electron chi connectivity index (χ0n) is 6.93. The Balaban J connectivity index is 2.82. The number of aliphatic hydroxyl groups excluding tert-OH is 1. The van der Waals surface area contributed by atoms with Crippen molar-refractivity contribution in [3.05, 3.63) is 0 Å². The van der Waals surface area contributed by atoms with Crippen molar-refractivity contribution in [3.63, 3.8) is 0 Å². The van der Waals surface area contributed by atoms with Crippen LogP contribution in [0, 0.1) is 0 Å². The van der Waals surface area contributed by atoms with E-state index in [0.717, 1.165) is 17.9 Å². The molecule has 74 valence electrons. The van der Waals surface area contributed by atoms with E-state index >= 15 is 0 Å². The van der Waals surface area contributed by atoms with Crippen LogP contribution in [0.3, 0.4) is 0 Å². The van der Waals surface area contributed by atoms with Crippen molar-refractivity contribution in [1.82, 2.24) is 5.32 Å². The van der Waals surface area contributed by atoms with Crippen molar-refractivity contribution in [2.24, 2.45) is 0 Å². The van der Waals surface area contributed by atoms with Gasteiger partial charge in [0.15, 0.2) is 0 Å². The smallest absolute Gasteiger partial charge is 0.250 e. The number of nitrogens with one attached hydrogen (secondary N) is 1. The number of rotatable bonds is 8. The summed E-state index contributed by atoms with van der Waals surface area (Å²) < 4.78 is 23.1. The van der Waals surface area contributed by atoms with Gasteiger partial charge in [-0.05, 0) is 12.2 Å². The normalized spacial score (nSPS) is 11.0. The lowest BCUT2D eigenvalue weighted by Crippen LogP contribution is -2.23. The molecule has 0 spiro atoms. The van der Waals surface area contributed by atoms with Gasteiger partial charge in [0.1, 0.15) is 0 Å². The molecule has 0 aromatic carbocycles. The summed E-state index contributed by atoms with van der Waals surface area (Å²) in [5.41, 5.74) is 0. The molecule has 0 radical (unpaired) electrons. The van der Waals surface area contributed by atoms with E-state index in [0.29, 0.717) is 6.54 Å². The predicted octanol–water partition coefficient (Wildman–Crippen LogP) is 0.957. The van der Waals surface area contributed by atoms with Gasteiger partial charge in [0.2, 0.25) is 0 Å². The maximum absolute atomic E-state index is 11.6. The molecule has 0 atom stereocenters. The Morgan fingerprint density at radius 2 is 2.08 bits per heavy atom. The van der Waals surface area contributed by atoms with Gasteiger partial charge in [-0.3, -0.25) is 0 Å². The number of hydrogen-bond acceptors (Lipinski definition) is 3. The molecule has 0 aliphatic carbocycles. The summed E-state index contributed by atoms with van der Waals surface area (Å²) in [6.45, 7) is 0.596. The van der Waals surface area contributed by atoms with Crippen molar-refractivity contribution in [1.29, 1.82) is 0 Å². The number of halogens is 2. The lowest BCUT2D eigenvalue weighted by atomic mass is 10.5. The first kappa shape index (κ1) is 12.1. The Morgan fingerprint density at radius 3 is 2.67 bits per heavy atom. The summed E-state index contributed by atoms with van der Waals surface area (Å²) in [5, 5.41) is 11.0. The Hall–Kier alpha value is 0.130. The molecule has 0 aromatic rings. The third kappa shape index (κ3) is 10.1. The molecule has 0 amide bonds. The first-order valence-corrected chi connectivity index (χ1v) is 5.10. The Labute approximate surface area is 75.7 Å². The summed E-state index contributed by atoms with van der Waals surface area (Å²) in [4.78, 5) is 0. The van der Waals surface area contributed by atoms with Gasteiger partial charge >= 0.3 is 0 Å². The van der Waals surface area contributed by atoms with E-state index in [2.05, 4.69) is 5.32 Å². The average Bonchev–Trinajstić information content (AvgIpc) is 2.02. The van der Waals surface area contributed by atoms with E-state index in [4.69, 9.17) is 5.11 Å².